The van der Waals surface area contributed by atoms with Crippen molar-refractivity contribution < 1.29 is 4.92 Å². The molecule has 0 N–H and O–H groups in total. The summed E-state index contributed by atoms with van der Waals surface area (Å²) in [5, 5.41) is 11.7. The minimum absolute atomic E-state index is 0.0729. The van der Waals surface area contributed by atoms with Crippen LogP contribution >= 0.6 is 0 Å². The number of nitro groups is 1. The van der Waals surface area contributed by atoms with Crippen LogP contribution in [0.4, 0.5) is 5.69 Å². The number of nitrogens with zero attached hydrogens (tertiary/aromatic N) is 2. The van der Waals surface area contributed by atoms with E-state index in [1.165, 1.54) is 6.07 Å². The summed E-state index contributed by atoms with van der Waals surface area (Å²) in [6.45, 7) is 5.82. The molecule has 0 aliphatic heterocycles. The highest BCUT2D eigenvalue weighted by Crippen LogP contribution is 2.28. The molecule has 0 fully saturated rings. The monoisotopic (exact) mass is 216 g/mol. The van der Waals surface area contributed by atoms with Gasteiger partial charge < -0.3 is 0 Å². The second-order valence-electron chi connectivity index (χ2n) is 3.88. The van der Waals surface area contributed by atoms with Crippen LogP contribution in [0.25, 0.3) is 10.9 Å². The van der Waals surface area contributed by atoms with Crippen molar-refractivity contribution in [1.29, 1.82) is 0 Å². The number of para-hydroxylation sites is 1. The van der Waals surface area contributed by atoms with Crippen LogP contribution in [0, 0.1) is 30.9 Å². The predicted molar refractivity (Wildman–Crippen MR) is 62.6 cm³/mol. The number of non-ortho nitro benzene ring substituents is 1. The fourth-order valence-electron chi connectivity index (χ4n) is 1.82. The Hall–Kier alpha value is -1.97. The Morgan fingerprint density at radius 2 is 1.88 bits per heavy atom. The van der Waals surface area contributed by atoms with Crippen LogP contribution in [-0.4, -0.2) is 9.91 Å². The van der Waals surface area contributed by atoms with Gasteiger partial charge in [0.15, 0.2) is 0 Å². The van der Waals surface area contributed by atoms with Gasteiger partial charge in [0.2, 0.25) is 0 Å². The van der Waals surface area contributed by atoms with Crippen molar-refractivity contribution in [2.24, 2.45) is 0 Å². The van der Waals surface area contributed by atoms with Gasteiger partial charge >= 0.3 is 0 Å². The van der Waals surface area contributed by atoms with E-state index in [-0.39, 0.29) is 10.6 Å². The first kappa shape index (κ1) is 10.5. The normalized spacial score (nSPS) is 10.7. The van der Waals surface area contributed by atoms with Crippen LogP contribution in [0.3, 0.4) is 0 Å². The second-order valence-corrected chi connectivity index (χ2v) is 3.88. The molecule has 2 aromatic rings. The zero-order valence-corrected chi connectivity index (χ0v) is 9.44. The van der Waals surface area contributed by atoms with Crippen molar-refractivity contribution in [3.8, 4) is 0 Å². The highest BCUT2D eigenvalue weighted by Gasteiger charge is 2.15. The van der Waals surface area contributed by atoms with Crippen molar-refractivity contribution in [1.82, 2.24) is 4.98 Å². The maximum atomic E-state index is 10.9. The Morgan fingerprint density at radius 1 is 1.19 bits per heavy atom. The van der Waals surface area contributed by atoms with Gasteiger partial charge in [0.1, 0.15) is 5.52 Å². The average molecular weight is 216 g/mol. The first-order valence-electron chi connectivity index (χ1n) is 5.03. The fraction of sp³-hybridized carbons (Fsp3) is 0.250. The lowest BCUT2D eigenvalue weighted by molar-refractivity contribution is -0.383. The number of nitro benzene ring substituents is 1. The molecule has 0 aliphatic rings. The SMILES string of the molecule is Cc1nc2c([N+](=O)[O-])cccc2c(C)c1C. The number of fused-ring (bicyclic) bond motifs is 1. The Morgan fingerprint density at radius 3 is 2.50 bits per heavy atom. The standard InChI is InChI=1S/C12H12N2O2/c1-7-8(2)10-5-4-6-11(14(15)16)12(10)13-9(7)3/h4-6H,1-3H3. The summed E-state index contributed by atoms with van der Waals surface area (Å²) in [7, 11) is 0. The van der Waals surface area contributed by atoms with E-state index in [2.05, 4.69) is 4.98 Å². The summed E-state index contributed by atoms with van der Waals surface area (Å²) in [5.74, 6) is 0. The van der Waals surface area contributed by atoms with E-state index in [1.54, 1.807) is 6.07 Å². The van der Waals surface area contributed by atoms with Crippen molar-refractivity contribution in [2.75, 3.05) is 0 Å². The van der Waals surface area contributed by atoms with E-state index in [1.807, 2.05) is 26.8 Å². The number of hydrogen-bond donors (Lipinski definition) is 0. The van der Waals surface area contributed by atoms with Gasteiger partial charge in [-0.05, 0) is 31.9 Å². The third-order valence-corrected chi connectivity index (χ3v) is 3.00. The zero-order valence-electron chi connectivity index (χ0n) is 9.44. The Bertz CT molecular complexity index is 591. The summed E-state index contributed by atoms with van der Waals surface area (Å²) < 4.78 is 0. The molecular weight excluding hydrogens is 204 g/mol. The molecular formula is C12H12N2O2. The predicted octanol–water partition coefficient (Wildman–Crippen LogP) is 3.07. The first-order valence-corrected chi connectivity index (χ1v) is 5.03. The average Bonchev–Trinajstić information content (AvgIpc) is 2.25. The van der Waals surface area contributed by atoms with E-state index < -0.39 is 0 Å². The van der Waals surface area contributed by atoms with E-state index in [9.17, 15) is 10.1 Å². The van der Waals surface area contributed by atoms with Crippen LogP contribution in [0.2, 0.25) is 0 Å². The van der Waals surface area contributed by atoms with Gasteiger partial charge in [0.05, 0.1) is 4.92 Å². The molecule has 1 heterocycles. The molecule has 1 aromatic carbocycles. The molecule has 2 rings (SSSR count). The highest BCUT2D eigenvalue weighted by atomic mass is 16.6. The molecule has 0 saturated carbocycles. The van der Waals surface area contributed by atoms with E-state index in [4.69, 9.17) is 0 Å². The van der Waals surface area contributed by atoms with Crippen molar-refractivity contribution in [3.05, 3.63) is 45.1 Å². The topological polar surface area (TPSA) is 56.0 Å². The molecule has 0 unspecified atom stereocenters. The molecule has 1 aromatic heterocycles. The lowest BCUT2D eigenvalue weighted by Crippen LogP contribution is -1.97. The number of aryl methyl sites for hydroxylation is 2. The second kappa shape index (κ2) is 3.56. The number of pyridine rings is 1. The van der Waals surface area contributed by atoms with E-state index in [0.29, 0.717) is 5.52 Å². The summed E-state index contributed by atoms with van der Waals surface area (Å²) >= 11 is 0. The zero-order chi connectivity index (χ0) is 11.9. The summed E-state index contributed by atoms with van der Waals surface area (Å²) in [6.07, 6.45) is 0. The minimum Gasteiger partial charge on any atom is -0.258 e. The van der Waals surface area contributed by atoms with Gasteiger partial charge in [-0.1, -0.05) is 12.1 Å². The quantitative estimate of drug-likeness (QED) is 0.543. The van der Waals surface area contributed by atoms with Gasteiger partial charge in [-0.15, -0.1) is 0 Å². The molecule has 16 heavy (non-hydrogen) atoms. The maximum absolute atomic E-state index is 10.9. The van der Waals surface area contributed by atoms with Gasteiger partial charge in [0, 0.05) is 17.1 Å². The van der Waals surface area contributed by atoms with Crippen LogP contribution in [-0.2, 0) is 0 Å². The van der Waals surface area contributed by atoms with Gasteiger partial charge in [-0.2, -0.15) is 0 Å². The molecule has 0 spiro atoms. The van der Waals surface area contributed by atoms with Crippen molar-refractivity contribution in [3.63, 3.8) is 0 Å². The Kier molecular flexibility index (Phi) is 2.34. The van der Waals surface area contributed by atoms with Gasteiger partial charge in [-0.25, -0.2) is 4.98 Å². The Labute approximate surface area is 93.1 Å². The van der Waals surface area contributed by atoms with Gasteiger partial charge in [0.25, 0.3) is 5.69 Å². The largest absolute Gasteiger partial charge is 0.295 e. The number of aromatic nitrogens is 1. The fourth-order valence-corrected chi connectivity index (χ4v) is 1.82. The molecule has 0 radical (unpaired) electrons. The smallest absolute Gasteiger partial charge is 0.258 e. The van der Waals surface area contributed by atoms with Crippen LogP contribution in [0.5, 0.6) is 0 Å². The summed E-state index contributed by atoms with van der Waals surface area (Å²) in [6, 6.07) is 5.06. The summed E-state index contributed by atoms with van der Waals surface area (Å²) in [4.78, 5) is 14.8. The third-order valence-electron chi connectivity index (χ3n) is 3.00. The molecule has 0 aliphatic carbocycles. The highest BCUT2D eigenvalue weighted by molar-refractivity contribution is 5.90. The lowest BCUT2D eigenvalue weighted by atomic mass is 10.0. The van der Waals surface area contributed by atoms with Crippen LogP contribution in [0.1, 0.15) is 16.8 Å². The molecule has 4 nitrogen and oxygen atoms in total. The first-order chi connectivity index (χ1) is 7.52. The third kappa shape index (κ3) is 1.43. The lowest BCUT2D eigenvalue weighted by Gasteiger charge is -2.08. The van der Waals surface area contributed by atoms with E-state index >= 15 is 0 Å². The molecule has 0 amide bonds. The van der Waals surface area contributed by atoms with E-state index in [0.717, 1.165) is 22.2 Å². The summed E-state index contributed by atoms with van der Waals surface area (Å²) in [5.41, 5.74) is 3.55. The maximum Gasteiger partial charge on any atom is 0.295 e. The van der Waals surface area contributed by atoms with Crippen molar-refractivity contribution in [2.45, 2.75) is 20.8 Å². The van der Waals surface area contributed by atoms with Gasteiger partial charge in [-0.3, -0.25) is 10.1 Å². The minimum atomic E-state index is -0.385. The molecule has 4 heteroatoms. The van der Waals surface area contributed by atoms with Crippen molar-refractivity contribution >= 4 is 16.6 Å². The number of hydrogen-bond acceptors (Lipinski definition) is 3. The molecule has 82 valence electrons. The number of rotatable bonds is 1. The van der Waals surface area contributed by atoms with Crippen LogP contribution in [0.15, 0.2) is 18.2 Å². The Balaban J connectivity index is 2.95. The molecule has 0 bridgehead atoms. The van der Waals surface area contributed by atoms with Crippen LogP contribution < -0.4 is 0 Å². The molecule has 0 saturated heterocycles. The molecule has 0 atom stereocenters. The number of benzene rings is 1.